The second-order valence-corrected chi connectivity index (χ2v) is 12.0. The van der Waals surface area contributed by atoms with Gasteiger partial charge in [-0.05, 0) is 112 Å². The second kappa shape index (κ2) is 12.3. The molecule has 1 nitrogen and oxygen atoms in total. The standard InChI is InChI=1S/C29H48F2O/c1-21-2-9-24(10-3-21)25-11-6-22(7-12-25)4-5-23-8-17-29(32-20-23)27-15-13-26(14-16-27)28(31)18-19-30/h18,21-27,29H,2-17,19-20H2,1H3/b28-18-. The van der Waals surface area contributed by atoms with Crippen molar-refractivity contribution < 1.29 is 13.5 Å². The van der Waals surface area contributed by atoms with Crippen molar-refractivity contribution in [2.45, 2.75) is 116 Å². The number of alkyl halides is 1. The first-order valence-corrected chi connectivity index (χ1v) is 14.2. The van der Waals surface area contributed by atoms with Crippen molar-refractivity contribution in [3.63, 3.8) is 0 Å². The highest BCUT2D eigenvalue weighted by atomic mass is 19.1. The summed E-state index contributed by atoms with van der Waals surface area (Å²) in [7, 11) is 0. The Hall–Kier alpha value is -0.440. The normalized spacial score (nSPS) is 42.0. The SMILES string of the molecule is CC1CCC(C2CCC(CCC3CCC(C4CCC(/C(F)=C/CF)CC4)OC3)CC2)CC1. The van der Waals surface area contributed by atoms with E-state index in [2.05, 4.69) is 6.92 Å². The van der Waals surface area contributed by atoms with Crippen molar-refractivity contribution in [2.75, 3.05) is 13.3 Å². The maximum atomic E-state index is 13.9. The summed E-state index contributed by atoms with van der Waals surface area (Å²) in [5, 5.41) is 0. The molecule has 3 saturated carbocycles. The molecule has 32 heavy (non-hydrogen) atoms. The van der Waals surface area contributed by atoms with Gasteiger partial charge in [-0.15, -0.1) is 0 Å². The number of hydrogen-bond acceptors (Lipinski definition) is 1. The number of hydrogen-bond donors (Lipinski definition) is 0. The van der Waals surface area contributed by atoms with Gasteiger partial charge in [0.2, 0.25) is 0 Å². The van der Waals surface area contributed by atoms with Crippen LogP contribution >= 0.6 is 0 Å². The molecular weight excluding hydrogens is 402 g/mol. The molecule has 3 aliphatic carbocycles. The average Bonchev–Trinajstić information content (AvgIpc) is 2.84. The Kier molecular flexibility index (Phi) is 9.50. The van der Waals surface area contributed by atoms with E-state index in [0.29, 0.717) is 12.0 Å². The molecule has 3 heteroatoms. The minimum atomic E-state index is -0.680. The third-order valence-electron chi connectivity index (χ3n) is 9.97. The average molecular weight is 451 g/mol. The van der Waals surface area contributed by atoms with Gasteiger partial charge in [0.05, 0.1) is 6.10 Å². The lowest BCUT2D eigenvalue weighted by Crippen LogP contribution is -2.34. The molecule has 184 valence electrons. The molecule has 0 spiro atoms. The van der Waals surface area contributed by atoms with Crippen LogP contribution in [0.1, 0.15) is 110 Å². The van der Waals surface area contributed by atoms with Gasteiger partial charge in [-0.25, -0.2) is 8.78 Å². The molecule has 4 fully saturated rings. The number of allylic oxidation sites excluding steroid dienone is 2. The van der Waals surface area contributed by atoms with Crippen LogP contribution < -0.4 is 0 Å². The quantitative estimate of drug-likeness (QED) is 0.376. The summed E-state index contributed by atoms with van der Waals surface area (Å²) in [5.74, 6) is 5.09. The fourth-order valence-corrected chi connectivity index (χ4v) is 7.61. The molecule has 0 N–H and O–H groups in total. The first-order chi connectivity index (χ1) is 15.6. The molecule has 0 radical (unpaired) electrons. The van der Waals surface area contributed by atoms with Crippen molar-refractivity contribution in [1.29, 1.82) is 0 Å². The van der Waals surface area contributed by atoms with E-state index >= 15 is 0 Å². The van der Waals surface area contributed by atoms with Crippen LogP contribution in [0.4, 0.5) is 8.78 Å². The predicted molar refractivity (Wildman–Crippen MR) is 129 cm³/mol. The molecule has 4 rings (SSSR count). The Morgan fingerprint density at radius 3 is 1.88 bits per heavy atom. The highest BCUT2D eigenvalue weighted by Gasteiger charge is 2.34. The third kappa shape index (κ3) is 6.80. The molecule has 0 aromatic heterocycles. The number of ether oxygens (including phenoxy) is 1. The molecule has 0 bridgehead atoms. The van der Waals surface area contributed by atoms with Crippen LogP contribution in [-0.4, -0.2) is 19.4 Å². The zero-order valence-electron chi connectivity index (χ0n) is 20.6. The second-order valence-electron chi connectivity index (χ2n) is 12.0. The Balaban J connectivity index is 1.09. The van der Waals surface area contributed by atoms with Crippen LogP contribution in [0.5, 0.6) is 0 Å². The third-order valence-corrected chi connectivity index (χ3v) is 9.97. The highest BCUT2D eigenvalue weighted by Crippen LogP contribution is 2.43. The van der Waals surface area contributed by atoms with Crippen LogP contribution in [-0.2, 0) is 4.74 Å². The smallest absolute Gasteiger partial charge is 0.110 e. The Bertz CT molecular complexity index is 558. The first-order valence-electron chi connectivity index (χ1n) is 14.2. The van der Waals surface area contributed by atoms with E-state index in [1.165, 1.54) is 77.0 Å². The fraction of sp³-hybridized carbons (Fsp3) is 0.931. The molecule has 4 aliphatic rings. The van der Waals surface area contributed by atoms with Gasteiger partial charge in [0, 0.05) is 12.5 Å². The highest BCUT2D eigenvalue weighted by molar-refractivity contribution is 5.00. The van der Waals surface area contributed by atoms with E-state index in [-0.39, 0.29) is 11.7 Å². The first kappa shape index (κ1) is 24.7. The summed E-state index contributed by atoms with van der Waals surface area (Å²) in [6, 6.07) is 0. The van der Waals surface area contributed by atoms with Crippen LogP contribution in [0, 0.1) is 41.4 Å². The van der Waals surface area contributed by atoms with Gasteiger partial charge in [0.15, 0.2) is 0 Å². The minimum Gasteiger partial charge on any atom is -0.378 e. The molecular formula is C29H48F2O. The maximum Gasteiger partial charge on any atom is 0.110 e. The fourth-order valence-electron chi connectivity index (χ4n) is 7.61. The Labute approximate surface area is 196 Å². The van der Waals surface area contributed by atoms with Gasteiger partial charge < -0.3 is 4.74 Å². The van der Waals surface area contributed by atoms with Gasteiger partial charge in [-0.2, -0.15) is 0 Å². The van der Waals surface area contributed by atoms with Gasteiger partial charge in [0.1, 0.15) is 12.5 Å². The molecule has 0 aromatic carbocycles. The minimum absolute atomic E-state index is 0.0462. The molecule has 1 saturated heterocycles. The zero-order chi connectivity index (χ0) is 22.3. The van der Waals surface area contributed by atoms with Gasteiger partial charge in [0.25, 0.3) is 0 Å². The lowest BCUT2D eigenvalue weighted by atomic mass is 9.68. The lowest BCUT2D eigenvalue weighted by Gasteiger charge is -2.39. The molecule has 1 aliphatic heterocycles. The Morgan fingerprint density at radius 1 is 0.719 bits per heavy atom. The molecule has 0 amide bonds. The van der Waals surface area contributed by atoms with E-state index in [4.69, 9.17) is 4.74 Å². The van der Waals surface area contributed by atoms with Crippen LogP contribution in [0.3, 0.4) is 0 Å². The summed E-state index contributed by atoms with van der Waals surface area (Å²) in [4.78, 5) is 0. The number of halogens is 2. The largest absolute Gasteiger partial charge is 0.378 e. The van der Waals surface area contributed by atoms with Crippen LogP contribution in [0.2, 0.25) is 0 Å². The molecule has 2 atom stereocenters. The monoisotopic (exact) mass is 450 g/mol. The summed E-state index contributed by atoms with van der Waals surface area (Å²) >= 11 is 0. The molecule has 2 unspecified atom stereocenters. The van der Waals surface area contributed by atoms with E-state index in [1.807, 2.05) is 0 Å². The predicted octanol–water partition coefficient (Wildman–Crippen LogP) is 8.82. The summed E-state index contributed by atoms with van der Waals surface area (Å²) < 4.78 is 32.6. The van der Waals surface area contributed by atoms with Gasteiger partial charge in [-0.1, -0.05) is 39.0 Å². The van der Waals surface area contributed by atoms with Gasteiger partial charge >= 0.3 is 0 Å². The zero-order valence-corrected chi connectivity index (χ0v) is 20.6. The van der Waals surface area contributed by atoms with Crippen molar-refractivity contribution in [1.82, 2.24) is 0 Å². The summed E-state index contributed by atoms with van der Waals surface area (Å²) in [6.07, 6.45) is 22.5. The summed E-state index contributed by atoms with van der Waals surface area (Å²) in [5.41, 5.74) is 0. The van der Waals surface area contributed by atoms with E-state index < -0.39 is 6.67 Å². The molecule has 0 aromatic rings. The topological polar surface area (TPSA) is 9.23 Å². The van der Waals surface area contributed by atoms with E-state index in [1.54, 1.807) is 0 Å². The van der Waals surface area contributed by atoms with Crippen LogP contribution in [0.25, 0.3) is 0 Å². The van der Waals surface area contributed by atoms with Crippen molar-refractivity contribution in [2.24, 2.45) is 41.4 Å². The molecule has 1 heterocycles. The Morgan fingerprint density at radius 2 is 1.28 bits per heavy atom. The number of rotatable bonds is 7. The maximum absolute atomic E-state index is 13.9. The van der Waals surface area contributed by atoms with Crippen LogP contribution in [0.15, 0.2) is 11.9 Å². The van der Waals surface area contributed by atoms with Crippen molar-refractivity contribution in [3.05, 3.63) is 11.9 Å². The van der Waals surface area contributed by atoms with Crippen molar-refractivity contribution >= 4 is 0 Å². The van der Waals surface area contributed by atoms with Crippen molar-refractivity contribution in [3.8, 4) is 0 Å². The lowest BCUT2D eigenvalue weighted by molar-refractivity contribution is -0.0601. The van der Waals surface area contributed by atoms with E-state index in [0.717, 1.165) is 68.0 Å². The summed E-state index contributed by atoms with van der Waals surface area (Å²) in [6.45, 7) is 2.70. The van der Waals surface area contributed by atoms with Gasteiger partial charge in [-0.3, -0.25) is 0 Å². The van der Waals surface area contributed by atoms with E-state index in [9.17, 15) is 8.78 Å².